The molecule has 0 heterocycles. The first kappa shape index (κ1) is 22.4. The van der Waals surface area contributed by atoms with Gasteiger partial charge in [-0.1, -0.05) is 18.2 Å². The largest absolute Gasteiger partial charge is 0.493 e. The number of fused-ring (bicyclic) bond motifs is 1. The van der Waals surface area contributed by atoms with Crippen molar-refractivity contribution in [3.63, 3.8) is 0 Å². The van der Waals surface area contributed by atoms with E-state index >= 15 is 0 Å². The van der Waals surface area contributed by atoms with Gasteiger partial charge in [0, 0.05) is 41.9 Å². The second-order valence-corrected chi connectivity index (χ2v) is 7.73. The topological polar surface area (TPSA) is 103 Å². The average molecular weight is 446 g/mol. The molecule has 170 valence electrons. The molecule has 3 aromatic rings. The fourth-order valence-corrected chi connectivity index (χ4v) is 4.20. The number of ether oxygens (including phenoxy) is 2. The first-order chi connectivity index (χ1) is 16.1. The molecule has 0 saturated heterocycles. The van der Waals surface area contributed by atoms with E-state index in [1.165, 1.54) is 0 Å². The zero-order chi connectivity index (χ0) is 23.4. The Morgan fingerprint density at radius 1 is 0.970 bits per heavy atom. The van der Waals surface area contributed by atoms with Crippen LogP contribution in [0.4, 0.5) is 11.4 Å². The van der Waals surface area contributed by atoms with Crippen molar-refractivity contribution in [2.45, 2.75) is 12.8 Å². The van der Waals surface area contributed by atoms with Gasteiger partial charge < -0.3 is 25.8 Å². The van der Waals surface area contributed by atoms with Crippen LogP contribution in [0, 0.1) is 0 Å². The van der Waals surface area contributed by atoms with E-state index in [1.54, 1.807) is 32.4 Å². The van der Waals surface area contributed by atoms with Crippen molar-refractivity contribution in [3.8, 4) is 22.6 Å². The second-order valence-electron chi connectivity index (χ2n) is 7.73. The molecule has 3 aromatic carbocycles. The summed E-state index contributed by atoms with van der Waals surface area (Å²) in [7, 11) is 3.19. The molecule has 0 spiro atoms. The molecular formula is C26H27N3O4. The van der Waals surface area contributed by atoms with Crippen LogP contribution < -0.4 is 25.8 Å². The number of hydrogen-bond acceptors (Lipinski definition) is 6. The highest BCUT2D eigenvalue weighted by atomic mass is 16.5. The van der Waals surface area contributed by atoms with E-state index in [9.17, 15) is 9.59 Å². The van der Waals surface area contributed by atoms with Crippen LogP contribution >= 0.6 is 0 Å². The molecule has 1 amide bonds. The smallest absolute Gasteiger partial charge is 0.255 e. The van der Waals surface area contributed by atoms with Gasteiger partial charge in [0.1, 0.15) is 0 Å². The molecule has 33 heavy (non-hydrogen) atoms. The summed E-state index contributed by atoms with van der Waals surface area (Å²) in [4.78, 5) is 25.7. The quantitative estimate of drug-likeness (QED) is 0.482. The highest BCUT2D eigenvalue weighted by molar-refractivity contribution is 6.12. The molecule has 0 saturated carbocycles. The molecule has 4 N–H and O–H groups in total. The second kappa shape index (κ2) is 9.75. The Balaban J connectivity index is 1.66. The number of rotatable bonds is 8. The fraction of sp³-hybridized carbons (Fsp3) is 0.231. The zero-order valence-corrected chi connectivity index (χ0v) is 18.7. The number of benzene rings is 3. The van der Waals surface area contributed by atoms with E-state index in [0.717, 1.165) is 22.4 Å². The van der Waals surface area contributed by atoms with E-state index in [2.05, 4.69) is 10.6 Å². The number of ketones is 1. The molecule has 1 aliphatic rings. The van der Waals surface area contributed by atoms with Gasteiger partial charge >= 0.3 is 0 Å². The highest BCUT2D eigenvalue weighted by Crippen LogP contribution is 2.43. The first-order valence-electron chi connectivity index (χ1n) is 10.8. The Bertz CT molecular complexity index is 1190. The van der Waals surface area contributed by atoms with Gasteiger partial charge in [-0.2, -0.15) is 0 Å². The number of para-hydroxylation sites is 1. The molecule has 0 aliphatic heterocycles. The van der Waals surface area contributed by atoms with Crippen LogP contribution in [-0.4, -0.2) is 39.0 Å². The minimum absolute atomic E-state index is 0.0188. The van der Waals surface area contributed by atoms with Crippen LogP contribution in [-0.2, 0) is 6.42 Å². The third-order valence-electron chi connectivity index (χ3n) is 5.76. The van der Waals surface area contributed by atoms with Crippen LogP contribution in [0.1, 0.15) is 32.7 Å². The summed E-state index contributed by atoms with van der Waals surface area (Å²) in [6.45, 7) is 1.18. The first-order valence-corrected chi connectivity index (χ1v) is 10.8. The molecular weight excluding hydrogens is 418 g/mol. The van der Waals surface area contributed by atoms with Gasteiger partial charge in [0.05, 0.1) is 19.9 Å². The Labute approximate surface area is 192 Å². The summed E-state index contributed by atoms with van der Waals surface area (Å²) < 4.78 is 11.0. The van der Waals surface area contributed by atoms with Crippen molar-refractivity contribution in [1.29, 1.82) is 0 Å². The molecule has 0 radical (unpaired) electrons. The maximum atomic E-state index is 12.9. The van der Waals surface area contributed by atoms with Crippen molar-refractivity contribution in [2.24, 2.45) is 5.73 Å². The summed E-state index contributed by atoms with van der Waals surface area (Å²) in [6.07, 6.45) is 1.01. The third-order valence-corrected chi connectivity index (χ3v) is 5.76. The molecule has 7 heteroatoms. The van der Waals surface area contributed by atoms with Gasteiger partial charge in [0.15, 0.2) is 17.3 Å². The van der Waals surface area contributed by atoms with Crippen LogP contribution in [0.15, 0.2) is 54.6 Å². The maximum absolute atomic E-state index is 12.9. The van der Waals surface area contributed by atoms with Crippen LogP contribution in [0.3, 0.4) is 0 Å². The van der Waals surface area contributed by atoms with Crippen molar-refractivity contribution in [2.75, 3.05) is 37.9 Å². The van der Waals surface area contributed by atoms with E-state index < -0.39 is 0 Å². The standard InChI is InChI=1S/C26H27N3O4/c1-32-23-5-3-4-20(25(23)33-2)18-10-12-21(24-19(18)11-13-22(24)30)29-26(31)16-6-8-17(9-7-16)28-15-14-27/h3-10,12,28H,11,13-15,27H2,1-2H3,(H,29,31). The molecule has 0 atom stereocenters. The molecule has 0 bridgehead atoms. The molecule has 0 aromatic heterocycles. The van der Waals surface area contributed by atoms with Crippen LogP contribution in [0.2, 0.25) is 0 Å². The number of methoxy groups -OCH3 is 2. The molecule has 4 rings (SSSR count). The fourth-order valence-electron chi connectivity index (χ4n) is 4.20. The number of nitrogens with one attached hydrogen (secondary N) is 2. The predicted octanol–water partition coefficient (Wildman–Crippen LogP) is 4.12. The van der Waals surface area contributed by atoms with Gasteiger partial charge in [-0.3, -0.25) is 9.59 Å². The normalized spacial score (nSPS) is 12.3. The van der Waals surface area contributed by atoms with E-state index in [-0.39, 0.29) is 11.7 Å². The van der Waals surface area contributed by atoms with Gasteiger partial charge in [0.2, 0.25) is 0 Å². The monoisotopic (exact) mass is 445 g/mol. The van der Waals surface area contributed by atoms with Gasteiger partial charge in [-0.15, -0.1) is 0 Å². The number of carbonyl (C=O) groups is 2. The number of hydrogen-bond donors (Lipinski definition) is 3. The number of amides is 1. The lowest BCUT2D eigenvalue weighted by Gasteiger charge is -2.17. The SMILES string of the molecule is COc1cccc(-c2ccc(NC(=O)c3ccc(NCCN)cc3)c3c2CCC3=O)c1OC. The minimum atomic E-state index is -0.269. The number of anilines is 2. The molecule has 0 unspecified atom stereocenters. The Morgan fingerprint density at radius 2 is 1.76 bits per heavy atom. The van der Waals surface area contributed by atoms with Crippen molar-refractivity contribution in [1.82, 2.24) is 0 Å². The van der Waals surface area contributed by atoms with E-state index in [0.29, 0.717) is 54.2 Å². The Morgan fingerprint density at radius 3 is 2.45 bits per heavy atom. The van der Waals surface area contributed by atoms with Crippen molar-refractivity contribution < 1.29 is 19.1 Å². The molecule has 7 nitrogen and oxygen atoms in total. The van der Waals surface area contributed by atoms with Gasteiger partial charge in [-0.25, -0.2) is 0 Å². The summed E-state index contributed by atoms with van der Waals surface area (Å²) in [6, 6.07) is 16.5. The van der Waals surface area contributed by atoms with Crippen molar-refractivity contribution in [3.05, 3.63) is 71.3 Å². The molecule has 1 aliphatic carbocycles. The summed E-state index contributed by atoms with van der Waals surface area (Å²) >= 11 is 0. The Hall–Kier alpha value is -3.84. The number of carbonyl (C=O) groups excluding carboxylic acids is 2. The summed E-state index contributed by atoms with van der Waals surface area (Å²) in [5, 5.41) is 6.09. The molecule has 0 fully saturated rings. The zero-order valence-electron chi connectivity index (χ0n) is 18.7. The Kier molecular flexibility index (Phi) is 6.60. The number of Topliss-reactive ketones (excluding diaryl/α,β-unsaturated/α-hetero) is 1. The van der Waals surface area contributed by atoms with E-state index in [4.69, 9.17) is 15.2 Å². The van der Waals surface area contributed by atoms with Crippen LogP contribution in [0.5, 0.6) is 11.5 Å². The lowest BCUT2D eigenvalue weighted by Crippen LogP contribution is -2.15. The average Bonchev–Trinajstić information content (AvgIpc) is 3.24. The summed E-state index contributed by atoms with van der Waals surface area (Å²) in [5.74, 6) is 0.982. The van der Waals surface area contributed by atoms with Crippen molar-refractivity contribution >= 4 is 23.1 Å². The van der Waals surface area contributed by atoms with Gasteiger partial charge in [0.25, 0.3) is 5.91 Å². The van der Waals surface area contributed by atoms with E-state index in [1.807, 2.05) is 36.4 Å². The number of nitrogens with two attached hydrogens (primary N) is 1. The van der Waals surface area contributed by atoms with Gasteiger partial charge in [-0.05, 0) is 53.9 Å². The lowest BCUT2D eigenvalue weighted by molar-refractivity contribution is 0.0995. The highest BCUT2D eigenvalue weighted by Gasteiger charge is 2.28. The summed E-state index contributed by atoms with van der Waals surface area (Å²) in [5.41, 5.74) is 10.6. The lowest BCUT2D eigenvalue weighted by atomic mass is 9.94. The van der Waals surface area contributed by atoms with Crippen LogP contribution in [0.25, 0.3) is 11.1 Å². The third kappa shape index (κ3) is 4.40. The maximum Gasteiger partial charge on any atom is 0.255 e. The predicted molar refractivity (Wildman–Crippen MR) is 130 cm³/mol. The minimum Gasteiger partial charge on any atom is -0.493 e.